The number of aryl methyl sites for hydroxylation is 1. The zero-order chi connectivity index (χ0) is 20.2. The van der Waals surface area contributed by atoms with Crippen LogP contribution in [0.5, 0.6) is 11.5 Å². The lowest BCUT2D eigenvalue weighted by Gasteiger charge is -2.15. The number of carbonyl (C=O) groups excluding carboxylic acids is 1. The van der Waals surface area contributed by atoms with E-state index in [1.807, 2.05) is 54.7 Å². The van der Waals surface area contributed by atoms with Crippen LogP contribution < -0.4 is 9.47 Å². The quantitative estimate of drug-likeness (QED) is 0.601. The Morgan fingerprint density at radius 1 is 1.24 bits per heavy atom. The van der Waals surface area contributed by atoms with Gasteiger partial charge in [-0.1, -0.05) is 24.3 Å². The number of nitrogens with zero attached hydrogens (tertiary/aromatic N) is 3. The molecule has 0 atom stereocenters. The molecule has 0 spiro atoms. The molecule has 0 unspecified atom stereocenters. The average Bonchev–Trinajstić information content (AvgIpc) is 3.34. The number of hydrogen-bond donors (Lipinski definition) is 0. The summed E-state index contributed by atoms with van der Waals surface area (Å²) < 4.78 is 12.8. The molecule has 0 fully saturated rings. The van der Waals surface area contributed by atoms with E-state index in [2.05, 4.69) is 10.6 Å². The Hall–Kier alpha value is -3.72. The highest BCUT2D eigenvalue weighted by Crippen LogP contribution is 2.32. The van der Waals surface area contributed by atoms with Crippen LogP contribution in [0.1, 0.15) is 17.5 Å². The second-order valence-corrected chi connectivity index (χ2v) is 6.92. The molecule has 0 saturated heterocycles. The lowest BCUT2D eigenvalue weighted by atomic mass is 10.1. The van der Waals surface area contributed by atoms with Crippen molar-refractivity contribution in [3.63, 3.8) is 0 Å². The lowest BCUT2D eigenvalue weighted by molar-refractivity contribution is -0.125. The molecule has 0 bridgehead atoms. The van der Waals surface area contributed by atoms with Gasteiger partial charge >= 0.3 is 0 Å². The highest BCUT2D eigenvalue weighted by Gasteiger charge is 2.15. The van der Waals surface area contributed by atoms with Crippen LogP contribution in [-0.2, 0) is 17.9 Å². The van der Waals surface area contributed by atoms with E-state index in [0.717, 1.165) is 27.8 Å². The fourth-order valence-corrected chi connectivity index (χ4v) is 3.44. The third-order valence-corrected chi connectivity index (χ3v) is 4.92. The zero-order valence-electron chi connectivity index (χ0n) is 16.2. The van der Waals surface area contributed by atoms with Crippen LogP contribution in [0.25, 0.3) is 17.0 Å². The van der Waals surface area contributed by atoms with Crippen molar-refractivity contribution in [1.29, 1.82) is 5.26 Å². The molecule has 0 radical (unpaired) electrons. The number of para-hydroxylation sites is 1. The molecule has 6 nitrogen and oxygen atoms in total. The van der Waals surface area contributed by atoms with Crippen molar-refractivity contribution in [2.45, 2.75) is 19.5 Å². The molecule has 1 aliphatic heterocycles. The predicted octanol–water partition coefficient (Wildman–Crippen LogP) is 3.96. The summed E-state index contributed by atoms with van der Waals surface area (Å²) >= 11 is 0. The summed E-state index contributed by atoms with van der Waals surface area (Å²) in [5, 5.41) is 9.94. The second-order valence-electron chi connectivity index (χ2n) is 6.92. The van der Waals surface area contributed by atoms with Gasteiger partial charge in [-0.05, 0) is 29.8 Å². The van der Waals surface area contributed by atoms with E-state index in [4.69, 9.17) is 14.7 Å². The van der Waals surface area contributed by atoms with Gasteiger partial charge in [0.25, 0.3) is 0 Å². The van der Waals surface area contributed by atoms with E-state index in [0.29, 0.717) is 25.3 Å². The third-order valence-electron chi connectivity index (χ3n) is 4.92. The van der Waals surface area contributed by atoms with Crippen LogP contribution >= 0.6 is 0 Å². The average molecular weight is 387 g/mol. The molecule has 1 amide bonds. The molecule has 1 aromatic heterocycles. The van der Waals surface area contributed by atoms with Crippen LogP contribution in [0.15, 0.2) is 54.7 Å². The number of likely N-dealkylation sites (N-methyl/N-ethyl adjacent to an activating group) is 1. The Labute approximate surface area is 169 Å². The number of amides is 1. The number of hydrogen-bond acceptors (Lipinski definition) is 4. The standard InChI is InChI=1S/C23H21N3O3/c1-25(14-17-7-9-21-22(13-17)29-16-28-21)23(27)10-8-18-15-26(12-4-11-24)20-6-3-2-5-19(18)20/h2-3,5-10,13,15H,4,12,14,16H2,1H3. The van der Waals surface area contributed by atoms with Gasteiger partial charge in [-0.3, -0.25) is 4.79 Å². The molecule has 0 N–H and O–H groups in total. The van der Waals surface area contributed by atoms with Gasteiger partial charge in [-0.15, -0.1) is 0 Å². The summed E-state index contributed by atoms with van der Waals surface area (Å²) in [7, 11) is 1.77. The predicted molar refractivity (Wildman–Crippen MR) is 110 cm³/mol. The summed E-state index contributed by atoms with van der Waals surface area (Å²) in [5.74, 6) is 1.36. The van der Waals surface area contributed by atoms with Gasteiger partial charge in [0.2, 0.25) is 12.7 Å². The first kappa shape index (κ1) is 18.6. The molecule has 2 heterocycles. The number of nitriles is 1. The highest BCUT2D eigenvalue weighted by atomic mass is 16.7. The van der Waals surface area contributed by atoms with Crippen LogP contribution in [-0.4, -0.2) is 29.2 Å². The van der Waals surface area contributed by atoms with E-state index >= 15 is 0 Å². The van der Waals surface area contributed by atoms with Crippen LogP contribution in [0.2, 0.25) is 0 Å². The maximum atomic E-state index is 12.6. The number of benzene rings is 2. The maximum Gasteiger partial charge on any atom is 0.246 e. The number of carbonyl (C=O) groups is 1. The molecule has 3 aromatic rings. The summed E-state index contributed by atoms with van der Waals surface area (Å²) in [6.07, 6.45) is 5.86. The van der Waals surface area contributed by atoms with Crippen molar-refractivity contribution < 1.29 is 14.3 Å². The Morgan fingerprint density at radius 2 is 2.07 bits per heavy atom. The van der Waals surface area contributed by atoms with Gasteiger partial charge in [0.15, 0.2) is 11.5 Å². The van der Waals surface area contributed by atoms with Crippen LogP contribution in [0, 0.1) is 11.3 Å². The first-order valence-electron chi connectivity index (χ1n) is 9.42. The Morgan fingerprint density at radius 3 is 2.93 bits per heavy atom. The Bertz CT molecular complexity index is 1120. The Balaban J connectivity index is 1.48. The minimum Gasteiger partial charge on any atom is -0.454 e. The first-order chi connectivity index (χ1) is 14.2. The smallest absolute Gasteiger partial charge is 0.246 e. The Kier molecular flexibility index (Phi) is 5.21. The number of rotatable bonds is 6. The zero-order valence-corrected chi connectivity index (χ0v) is 16.2. The highest BCUT2D eigenvalue weighted by molar-refractivity contribution is 5.96. The van der Waals surface area contributed by atoms with Gasteiger partial charge < -0.3 is 18.9 Å². The van der Waals surface area contributed by atoms with Gasteiger partial charge in [0, 0.05) is 48.9 Å². The molecular formula is C23H21N3O3. The van der Waals surface area contributed by atoms with Gasteiger partial charge in [-0.25, -0.2) is 0 Å². The van der Waals surface area contributed by atoms with Crippen molar-refractivity contribution >= 4 is 22.9 Å². The fraction of sp³-hybridized carbons (Fsp3) is 0.217. The summed E-state index contributed by atoms with van der Waals surface area (Å²) in [6.45, 7) is 1.34. The maximum absolute atomic E-state index is 12.6. The molecule has 0 aliphatic carbocycles. The number of ether oxygens (including phenoxy) is 2. The van der Waals surface area contributed by atoms with E-state index < -0.39 is 0 Å². The largest absolute Gasteiger partial charge is 0.454 e. The molecule has 4 rings (SSSR count). The van der Waals surface area contributed by atoms with Crippen molar-refractivity contribution in [3.05, 3.63) is 65.9 Å². The van der Waals surface area contributed by atoms with Crippen molar-refractivity contribution in [2.75, 3.05) is 13.8 Å². The monoisotopic (exact) mass is 387 g/mol. The molecular weight excluding hydrogens is 366 g/mol. The third kappa shape index (κ3) is 3.94. The molecule has 0 saturated carbocycles. The van der Waals surface area contributed by atoms with Crippen molar-refractivity contribution in [2.24, 2.45) is 0 Å². The topological polar surface area (TPSA) is 67.5 Å². The van der Waals surface area contributed by atoms with Crippen molar-refractivity contribution in [3.8, 4) is 17.6 Å². The van der Waals surface area contributed by atoms with Crippen LogP contribution in [0.3, 0.4) is 0 Å². The van der Waals surface area contributed by atoms with Gasteiger partial charge in [0.05, 0.1) is 12.5 Å². The van der Waals surface area contributed by atoms with Crippen molar-refractivity contribution in [1.82, 2.24) is 9.47 Å². The molecule has 6 heteroatoms. The normalized spacial score (nSPS) is 12.4. The van der Waals surface area contributed by atoms with E-state index in [9.17, 15) is 4.79 Å². The van der Waals surface area contributed by atoms with Crippen LogP contribution in [0.4, 0.5) is 0 Å². The molecule has 146 valence electrons. The summed E-state index contributed by atoms with van der Waals surface area (Å²) in [4.78, 5) is 14.3. The number of fused-ring (bicyclic) bond motifs is 2. The van der Waals surface area contributed by atoms with E-state index in [-0.39, 0.29) is 12.7 Å². The fourth-order valence-electron chi connectivity index (χ4n) is 3.44. The van der Waals surface area contributed by atoms with Gasteiger partial charge in [-0.2, -0.15) is 5.26 Å². The minimum atomic E-state index is -0.0866. The summed E-state index contributed by atoms with van der Waals surface area (Å²) in [6, 6.07) is 15.9. The molecule has 29 heavy (non-hydrogen) atoms. The first-order valence-corrected chi connectivity index (χ1v) is 9.42. The lowest BCUT2D eigenvalue weighted by Crippen LogP contribution is -2.24. The molecule has 2 aromatic carbocycles. The molecule has 1 aliphatic rings. The van der Waals surface area contributed by atoms with E-state index in [1.54, 1.807) is 18.0 Å². The summed E-state index contributed by atoms with van der Waals surface area (Å²) in [5.41, 5.74) is 3.00. The van der Waals surface area contributed by atoms with E-state index in [1.165, 1.54) is 0 Å². The van der Waals surface area contributed by atoms with Gasteiger partial charge in [0.1, 0.15) is 0 Å². The SMILES string of the molecule is CN(Cc1ccc2c(c1)OCO2)C(=O)C=Cc1cn(CCC#N)c2ccccc12. The minimum absolute atomic E-state index is 0.0866. The second kappa shape index (κ2) is 8.11. The number of aromatic nitrogens is 1.